The highest BCUT2D eigenvalue weighted by Crippen LogP contribution is 2.20. The number of hydrogen-bond donors (Lipinski definition) is 0. The Bertz CT molecular complexity index is 137. The molecule has 0 radical (unpaired) electrons. The summed E-state index contributed by atoms with van der Waals surface area (Å²) in [6, 6.07) is 0. The lowest BCUT2D eigenvalue weighted by Crippen LogP contribution is -2.26. The average Bonchev–Trinajstić information content (AvgIpc) is 2.30. The van der Waals surface area contributed by atoms with Crippen LogP contribution in [-0.2, 0) is 9.47 Å². The van der Waals surface area contributed by atoms with Crippen molar-refractivity contribution in [3.63, 3.8) is 0 Å². The molecule has 0 spiro atoms. The van der Waals surface area contributed by atoms with Gasteiger partial charge in [0.2, 0.25) is 0 Å². The molecule has 0 aromatic carbocycles. The third-order valence-corrected chi connectivity index (χ3v) is 2.02. The van der Waals surface area contributed by atoms with Crippen molar-refractivity contribution >= 4 is 0 Å². The van der Waals surface area contributed by atoms with Gasteiger partial charge >= 0.3 is 0 Å². The predicted octanol–water partition coefficient (Wildman–Crippen LogP) is 2.37. The van der Waals surface area contributed by atoms with Gasteiger partial charge in [0.25, 0.3) is 0 Å². The summed E-state index contributed by atoms with van der Waals surface area (Å²) in [6.45, 7) is 9.09. The van der Waals surface area contributed by atoms with Gasteiger partial charge in [-0.05, 0) is 40.5 Å². The Balaban J connectivity index is 2.16. The second-order valence-electron chi connectivity index (χ2n) is 4.57. The summed E-state index contributed by atoms with van der Waals surface area (Å²) >= 11 is 0. The summed E-state index contributed by atoms with van der Waals surface area (Å²) in [4.78, 5) is 0. The van der Waals surface area contributed by atoms with Gasteiger partial charge in [-0.3, -0.25) is 0 Å². The molecule has 2 nitrogen and oxygen atoms in total. The van der Waals surface area contributed by atoms with Crippen LogP contribution < -0.4 is 0 Å². The van der Waals surface area contributed by atoms with E-state index in [-0.39, 0.29) is 5.60 Å². The van der Waals surface area contributed by atoms with E-state index >= 15 is 0 Å². The molecule has 1 aliphatic heterocycles. The fourth-order valence-corrected chi connectivity index (χ4v) is 1.35. The molecule has 12 heavy (non-hydrogen) atoms. The van der Waals surface area contributed by atoms with Gasteiger partial charge in [-0.15, -0.1) is 0 Å². The van der Waals surface area contributed by atoms with E-state index in [1.165, 1.54) is 6.42 Å². The van der Waals surface area contributed by atoms with Crippen LogP contribution in [0.1, 0.15) is 40.5 Å². The van der Waals surface area contributed by atoms with E-state index in [2.05, 4.69) is 27.7 Å². The van der Waals surface area contributed by atoms with Crippen molar-refractivity contribution in [3.05, 3.63) is 0 Å². The first-order valence-electron chi connectivity index (χ1n) is 4.77. The fourth-order valence-electron chi connectivity index (χ4n) is 1.35. The standard InChI is InChI=1S/C10H20O2/c1-8-5-6-9(12-8)7-11-10(2,3)4/h8-9H,5-7H2,1-4H3. The van der Waals surface area contributed by atoms with Crippen LogP contribution in [0.4, 0.5) is 0 Å². The van der Waals surface area contributed by atoms with Crippen molar-refractivity contribution in [3.8, 4) is 0 Å². The normalized spacial score (nSPS) is 31.0. The largest absolute Gasteiger partial charge is 0.373 e. The minimum atomic E-state index is -0.0326. The quantitative estimate of drug-likeness (QED) is 0.636. The Kier molecular flexibility index (Phi) is 3.13. The number of ether oxygens (including phenoxy) is 2. The molecule has 0 aromatic heterocycles. The van der Waals surface area contributed by atoms with Gasteiger partial charge in [0.1, 0.15) is 0 Å². The van der Waals surface area contributed by atoms with Crippen LogP contribution in [0.2, 0.25) is 0 Å². The van der Waals surface area contributed by atoms with E-state index in [1.54, 1.807) is 0 Å². The number of hydrogen-bond acceptors (Lipinski definition) is 2. The molecule has 0 saturated carbocycles. The Morgan fingerprint density at radius 1 is 1.33 bits per heavy atom. The summed E-state index contributed by atoms with van der Waals surface area (Å²) < 4.78 is 11.3. The van der Waals surface area contributed by atoms with E-state index in [0.29, 0.717) is 12.2 Å². The lowest BCUT2D eigenvalue weighted by Gasteiger charge is -2.22. The van der Waals surface area contributed by atoms with Gasteiger partial charge in [-0.1, -0.05) is 0 Å². The molecule has 1 fully saturated rings. The van der Waals surface area contributed by atoms with E-state index < -0.39 is 0 Å². The highest BCUT2D eigenvalue weighted by molar-refractivity contribution is 4.71. The first-order chi connectivity index (χ1) is 5.47. The maximum atomic E-state index is 5.64. The Labute approximate surface area is 75.2 Å². The molecule has 1 rings (SSSR count). The summed E-state index contributed by atoms with van der Waals surface area (Å²) in [5.41, 5.74) is -0.0326. The smallest absolute Gasteiger partial charge is 0.0813 e. The first-order valence-corrected chi connectivity index (χ1v) is 4.77. The molecule has 0 amide bonds. The van der Waals surface area contributed by atoms with Gasteiger partial charge in [0.15, 0.2) is 0 Å². The SMILES string of the molecule is CC1CCC(COC(C)(C)C)O1. The maximum Gasteiger partial charge on any atom is 0.0813 e. The summed E-state index contributed by atoms with van der Waals surface area (Å²) in [5, 5.41) is 0. The van der Waals surface area contributed by atoms with Crippen molar-refractivity contribution in [2.75, 3.05) is 6.61 Å². The van der Waals surface area contributed by atoms with Crippen molar-refractivity contribution in [1.29, 1.82) is 0 Å². The molecular weight excluding hydrogens is 152 g/mol. The molecule has 0 aliphatic carbocycles. The zero-order valence-electron chi connectivity index (χ0n) is 8.59. The van der Waals surface area contributed by atoms with Crippen LogP contribution in [0.3, 0.4) is 0 Å². The predicted molar refractivity (Wildman–Crippen MR) is 49.3 cm³/mol. The van der Waals surface area contributed by atoms with Crippen LogP contribution in [-0.4, -0.2) is 24.4 Å². The van der Waals surface area contributed by atoms with E-state index in [9.17, 15) is 0 Å². The topological polar surface area (TPSA) is 18.5 Å². The maximum absolute atomic E-state index is 5.64. The summed E-state index contributed by atoms with van der Waals surface area (Å²) in [7, 11) is 0. The van der Waals surface area contributed by atoms with Gasteiger partial charge < -0.3 is 9.47 Å². The van der Waals surface area contributed by atoms with Crippen molar-refractivity contribution < 1.29 is 9.47 Å². The zero-order chi connectivity index (χ0) is 9.19. The highest BCUT2D eigenvalue weighted by Gasteiger charge is 2.23. The van der Waals surface area contributed by atoms with Gasteiger partial charge in [-0.2, -0.15) is 0 Å². The molecule has 1 aliphatic rings. The van der Waals surface area contributed by atoms with Crippen LogP contribution in [0.15, 0.2) is 0 Å². The number of rotatable bonds is 2. The third-order valence-electron chi connectivity index (χ3n) is 2.02. The molecule has 0 bridgehead atoms. The molecular formula is C10H20O2. The second kappa shape index (κ2) is 3.75. The Hall–Kier alpha value is -0.0800. The van der Waals surface area contributed by atoms with Gasteiger partial charge in [-0.25, -0.2) is 0 Å². The van der Waals surface area contributed by atoms with E-state index in [4.69, 9.17) is 9.47 Å². The minimum Gasteiger partial charge on any atom is -0.373 e. The van der Waals surface area contributed by atoms with Gasteiger partial charge in [0, 0.05) is 0 Å². The minimum absolute atomic E-state index is 0.0326. The molecule has 1 saturated heterocycles. The monoisotopic (exact) mass is 172 g/mol. The average molecular weight is 172 g/mol. The molecule has 0 N–H and O–H groups in total. The second-order valence-corrected chi connectivity index (χ2v) is 4.57. The van der Waals surface area contributed by atoms with Crippen LogP contribution in [0.5, 0.6) is 0 Å². The van der Waals surface area contributed by atoms with Crippen molar-refractivity contribution in [1.82, 2.24) is 0 Å². The molecule has 2 atom stereocenters. The van der Waals surface area contributed by atoms with Gasteiger partial charge in [0.05, 0.1) is 24.4 Å². The lowest BCUT2D eigenvalue weighted by atomic mass is 10.2. The molecule has 1 heterocycles. The van der Waals surface area contributed by atoms with Crippen molar-refractivity contribution in [2.45, 2.75) is 58.3 Å². The first kappa shape index (κ1) is 10.0. The van der Waals surface area contributed by atoms with E-state index in [1.807, 2.05) is 0 Å². The zero-order valence-corrected chi connectivity index (χ0v) is 8.59. The van der Waals surface area contributed by atoms with Crippen LogP contribution >= 0.6 is 0 Å². The third kappa shape index (κ3) is 3.55. The summed E-state index contributed by atoms with van der Waals surface area (Å²) in [5.74, 6) is 0. The fraction of sp³-hybridized carbons (Fsp3) is 1.00. The Morgan fingerprint density at radius 3 is 2.42 bits per heavy atom. The molecule has 2 heteroatoms. The van der Waals surface area contributed by atoms with Crippen LogP contribution in [0.25, 0.3) is 0 Å². The molecule has 72 valence electrons. The van der Waals surface area contributed by atoms with Crippen LogP contribution in [0, 0.1) is 0 Å². The van der Waals surface area contributed by atoms with Crippen molar-refractivity contribution in [2.24, 2.45) is 0 Å². The highest BCUT2D eigenvalue weighted by atomic mass is 16.6. The lowest BCUT2D eigenvalue weighted by molar-refractivity contribution is -0.0666. The molecule has 2 unspecified atom stereocenters. The Morgan fingerprint density at radius 2 is 2.00 bits per heavy atom. The molecule has 0 aromatic rings. The van der Waals surface area contributed by atoms with E-state index in [0.717, 1.165) is 13.0 Å². The summed E-state index contributed by atoms with van der Waals surface area (Å²) in [6.07, 6.45) is 3.09.